The summed E-state index contributed by atoms with van der Waals surface area (Å²) in [7, 11) is 0. The highest BCUT2D eigenvalue weighted by Crippen LogP contribution is 2.22. The minimum absolute atomic E-state index is 0.167. The standard InChI is InChI=1S/C14H21N.C3H8O/c1-12(2)13-6-8-14(9-7-13)15-10-4-3-5-11-15;1-3(2)4/h6-9,12H,3-5,10-11H2,1-2H3;3-4H,1-2H3. The summed E-state index contributed by atoms with van der Waals surface area (Å²) in [4.78, 5) is 2.51. The Balaban J connectivity index is 0.000000399. The number of hydrogen-bond donors (Lipinski definition) is 1. The first-order chi connectivity index (χ1) is 9.00. The second kappa shape index (κ2) is 8.21. The van der Waals surface area contributed by atoms with Gasteiger partial charge in [0.1, 0.15) is 0 Å². The van der Waals surface area contributed by atoms with E-state index in [0.29, 0.717) is 5.92 Å². The normalized spacial score (nSPS) is 15.4. The molecule has 1 N–H and O–H groups in total. The molecule has 0 spiro atoms. The molecule has 1 saturated heterocycles. The third-order valence-electron chi connectivity index (χ3n) is 3.28. The average molecular weight is 263 g/mol. The zero-order valence-corrected chi connectivity index (χ0v) is 12.9. The maximum Gasteiger partial charge on any atom is 0.0483 e. The topological polar surface area (TPSA) is 23.5 Å². The van der Waals surface area contributed by atoms with Gasteiger partial charge in [0.2, 0.25) is 0 Å². The molecule has 2 rings (SSSR count). The summed E-state index contributed by atoms with van der Waals surface area (Å²) in [5.74, 6) is 0.639. The highest BCUT2D eigenvalue weighted by atomic mass is 16.3. The first-order valence-electron chi connectivity index (χ1n) is 7.53. The predicted molar refractivity (Wildman–Crippen MR) is 83.9 cm³/mol. The molecule has 2 heteroatoms. The average Bonchev–Trinajstić information content (AvgIpc) is 2.39. The molecule has 0 atom stereocenters. The molecule has 1 aromatic rings. The molecule has 1 fully saturated rings. The monoisotopic (exact) mass is 263 g/mol. The summed E-state index contributed by atoms with van der Waals surface area (Å²) in [5.41, 5.74) is 2.84. The van der Waals surface area contributed by atoms with Crippen LogP contribution in [0.4, 0.5) is 5.69 Å². The Labute approximate surface area is 118 Å². The van der Waals surface area contributed by atoms with Crippen LogP contribution in [0.15, 0.2) is 24.3 Å². The van der Waals surface area contributed by atoms with Gasteiger partial charge in [-0.3, -0.25) is 0 Å². The highest BCUT2D eigenvalue weighted by molar-refractivity contribution is 5.48. The van der Waals surface area contributed by atoms with Gasteiger partial charge >= 0.3 is 0 Å². The lowest BCUT2D eigenvalue weighted by Crippen LogP contribution is -2.29. The van der Waals surface area contributed by atoms with Gasteiger partial charge < -0.3 is 10.0 Å². The van der Waals surface area contributed by atoms with Crippen molar-refractivity contribution in [1.82, 2.24) is 0 Å². The van der Waals surface area contributed by atoms with E-state index < -0.39 is 0 Å². The van der Waals surface area contributed by atoms with Gasteiger partial charge in [0.05, 0.1) is 0 Å². The lowest BCUT2D eigenvalue weighted by Gasteiger charge is -2.29. The van der Waals surface area contributed by atoms with Crippen LogP contribution in [0.25, 0.3) is 0 Å². The molecule has 19 heavy (non-hydrogen) atoms. The molecule has 0 bridgehead atoms. The van der Waals surface area contributed by atoms with Crippen LogP contribution < -0.4 is 4.90 Å². The van der Waals surface area contributed by atoms with Gasteiger partial charge in [0.25, 0.3) is 0 Å². The fourth-order valence-electron chi connectivity index (χ4n) is 2.22. The maximum absolute atomic E-state index is 8.06. The van der Waals surface area contributed by atoms with Crippen LogP contribution in [0, 0.1) is 0 Å². The van der Waals surface area contributed by atoms with Crippen molar-refractivity contribution in [3.05, 3.63) is 29.8 Å². The fraction of sp³-hybridized carbons (Fsp3) is 0.647. The molecule has 2 nitrogen and oxygen atoms in total. The van der Waals surface area contributed by atoms with E-state index in [9.17, 15) is 0 Å². The maximum atomic E-state index is 8.06. The second-order valence-corrected chi connectivity index (χ2v) is 5.89. The Hall–Kier alpha value is -1.02. The van der Waals surface area contributed by atoms with Crippen LogP contribution in [0.2, 0.25) is 0 Å². The molecule has 0 aromatic heterocycles. The molecular formula is C17H29NO. The summed E-state index contributed by atoms with van der Waals surface area (Å²) in [6.07, 6.45) is 3.94. The predicted octanol–water partition coefficient (Wildman–Crippen LogP) is 4.19. The highest BCUT2D eigenvalue weighted by Gasteiger charge is 2.10. The van der Waals surface area contributed by atoms with Crippen LogP contribution in [0.5, 0.6) is 0 Å². The number of rotatable bonds is 2. The minimum atomic E-state index is -0.167. The van der Waals surface area contributed by atoms with Crippen LogP contribution >= 0.6 is 0 Å². The SMILES string of the molecule is CC(C)O.CC(C)c1ccc(N2CCCCC2)cc1. The van der Waals surface area contributed by atoms with Crippen LogP contribution in [0.1, 0.15) is 58.4 Å². The van der Waals surface area contributed by atoms with Gasteiger partial charge in [0.15, 0.2) is 0 Å². The number of anilines is 1. The molecule has 0 amide bonds. The molecule has 0 unspecified atom stereocenters. The van der Waals surface area contributed by atoms with Crippen molar-refractivity contribution in [3.63, 3.8) is 0 Å². The van der Waals surface area contributed by atoms with E-state index in [4.69, 9.17) is 5.11 Å². The van der Waals surface area contributed by atoms with Crippen LogP contribution in [-0.4, -0.2) is 24.3 Å². The van der Waals surface area contributed by atoms with Crippen LogP contribution in [0.3, 0.4) is 0 Å². The molecular weight excluding hydrogens is 234 g/mol. The van der Waals surface area contributed by atoms with Crippen molar-refractivity contribution >= 4 is 5.69 Å². The number of aliphatic hydroxyl groups is 1. The number of benzene rings is 1. The largest absolute Gasteiger partial charge is 0.394 e. The smallest absolute Gasteiger partial charge is 0.0483 e. The van der Waals surface area contributed by atoms with E-state index in [2.05, 4.69) is 43.0 Å². The van der Waals surface area contributed by atoms with Gasteiger partial charge in [-0.15, -0.1) is 0 Å². The third-order valence-corrected chi connectivity index (χ3v) is 3.28. The Morgan fingerprint density at radius 2 is 1.37 bits per heavy atom. The van der Waals surface area contributed by atoms with Crippen molar-refractivity contribution in [2.75, 3.05) is 18.0 Å². The Morgan fingerprint density at radius 1 is 0.895 bits per heavy atom. The van der Waals surface area contributed by atoms with Crippen LogP contribution in [-0.2, 0) is 0 Å². The number of piperidine rings is 1. The lowest BCUT2D eigenvalue weighted by molar-refractivity contribution is 0.216. The first kappa shape index (κ1) is 16.0. The first-order valence-corrected chi connectivity index (χ1v) is 7.53. The number of hydrogen-bond acceptors (Lipinski definition) is 2. The quantitative estimate of drug-likeness (QED) is 0.865. The van der Waals surface area contributed by atoms with Crippen molar-refractivity contribution in [2.24, 2.45) is 0 Å². The van der Waals surface area contributed by atoms with E-state index in [1.165, 1.54) is 43.6 Å². The van der Waals surface area contributed by atoms with Gasteiger partial charge in [0, 0.05) is 24.9 Å². The Bertz CT molecular complexity index is 334. The molecule has 0 aliphatic carbocycles. The number of nitrogens with zero attached hydrogens (tertiary/aromatic N) is 1. The third kappa shape index (κ3) is 6.11. The van der Waals surface area contributed by atoms with E-state index in [1.54, 1.807) is 13.8 Å². The summed E-state index contributed by atoms with van der Waals surface area (Å²) < 4.78 is 0. The fourth-order valence-corrected chi connectivity index (χ4v) is 2.22. The zero-order valence-electron chi connectivity index (χ0n) is 12.9. The number of aliphatic hydroxyl groups excluding tert-OH is 1. The lowest BCUT2D eigenvalue weighted by atomic mass is 10.0. The summed E-state index contributed by atoms with van der Waals surface area (Å²) in [6, 6.07) is 9.10. The summed E-state index contributed by atoms with van der Waals surface area (Å²) >= 11 is 0. The van der Waals surface area contributed by atoms with E-state index >= 15 is 0 Å². The Morgan fingerprint density at radius 3 is 1.79 bits per heavy atom. The molecule has 108 valence electrons. The summed E-state index contributed by atoms with van der Waals surface area (Å²) in [6.45, 7) is 10.4. The summed E-state index contributed by atoms with van der Waals surface area (Å²) in [5, 5.41) is 8.06. The second-order valence-electron chi connectivity index (χ2n) is 5.89. The van der Waals surface area contributed by atoms with E-state index in [0.717, 1.165) is 0 Å². The van der Waals surface area contributed by atoms with E-state index in [1.807, 2.05) is 0 Å². The molecule has 1 aliphatic rings. The van der Waals surface area contributed by atoms with Crippen molar-refractivity contribution in [1.29, 1.82) is 0 Å². The zero-order chi connectivity index (χ0) is 14.3. The molecule has 1 aromatic carbocycles. The van der Waals surface area contributed by atoms with Crippen molar-refractivity contribution < 1.29 is 5.11 Å². The van der Waals surface area contributed by atoms with Gasteiger partial charge in [-0.2, -0.15) is 0 Å². The van der Waals surface area contributed by atoms with E-state index in [-0.39, 0.29) is 6.10 Å². The minimum Gasteiger partial charge on any atom is -0.394 e. The molecule has 0 radical (unpaired) electrons. The molecule has 1 aliphatic heterocycles. The molecule has 0 saturated carbocycles. The molecule has 1 heterocycles. The Kier molecular flexibility index (Phi) is 6.93. The van der Waals surface area contributed by atoms with Crippen molar-refractivity contribution in [2.45, 2.75) is 59.0 Å². The van der Waals surface area contributed by atoms with Gasteiger partial charge in [-0.05, 0) is 56.7 Å². The van der Waals surface area contributed by atoms with Gasteiger partial charge in [-0.1, -0.05) is 26.0 Å². The van der Waals surface area contributed by atoms with Crippen molar-refractivity contribution in [3.8, 4) is 0 Å². The van der Waals surface area contributed by atoms with Gasteiger partial charge in [-0.25, -0.2) is 0 Å².